The lowest BCUT2D eigenvalue weighted by atomic mass is 9.88. The summed E-state index contributed by atoms with van der Waals surface area (Å²) in [5.41, 5.74) is 3.72. The third kappa shape index (κ3) is 1.93. The number of likely N-dealkylation sites (N-methyl/N-ethyl adjacent to an activating group) is 1. The van der Waals surface area contributed by atoms with Crippen molar-refractivity contribution in [2.24, 2.45) is 0 Å². The summed E-state index contributed by atoms with van der Waals surface area (Å²) in [7, 11) is 4.05. The Bertz CT molecular complexity index is 475. The van der Waals surface area contributed by atoms with Gasteiger partial charge in [0.2, 0.25) is 5.91 Å². The van der Waals surface area contributed by atoms with Crippen LogP contribution in [0.25, 0.3) is 0 Å². The van der Waals surface area contributed by atoms with Crippen LogP contribution >= 0.6 is 0 Å². The predicted octanol–water partition coefficient (Wildman–Crippen LogP) is 2.01. The number of piperidine rings is 1. The van der Waals surface area contributed by atoms with Crippen molar-refractivity contribution < 1.29 is 4.79 Å². The second-order valence-corrected chi connectivity index (χ2v) is 5.60. The van der Waals surface area contributed by atoms with Crippen LogP contribution in [0.1, 0.15) is 29.9 Å². The molecule has 1 aromatic rings. The van der Waals surface area contributed by atoms with E-state index >= 15 is 0 Å². The summed E-state index contributed by atoms with van der Waals surface area (Å²) in [6.07, 6.45) is 3.05. The van der Waals surface area contributed by atoms with Gasteiger partial charge in [0.1, 0.15) is 0 Å². The molecule has 0 unspecified atom stereocenters. The molecule has 0 atom stereocenters. The van der Waals surface area contributed by atoms with Gasteiger partial charge >= 0.3 is 0 Å². The summed E-state index contributed by atoms with van der Waals surface area (Å²) in [5.74, 6) is 0.887. The zero-order chi connectivity index (χ0) is 12.7. The average Bonchev–Trinajstić information content (AvgIpc) is 2.65. The Hall–Kier alpha value is -1.35. The minimum Gasteiger partial charge on any atom is -0.315 e. The molecule has 0 aromatic heterocycles. The number of carbonyl (C=O) groups is 1. The lowest BCUT2D eigenvalue weighted by Gasteiger charge is -2.29. The van der Waals surface area contributed by atoms with Crippen molar-refractivity contribution in [1.82, 2.24) is 4.90 Å². The first-order valence-electron chi connectivity index (χ1n) is 6.73. The van der Waals surface area contributed by atoms with Gasteiger partial charge in [-0.3, -0.25) is 4.79 Å². The monoisotopic (exact) mass is 244 g/mol. The van der Waals surface area contributed by atoms with Crippen LogP contribution in [0.5, 0.6) is 0 Å². The number of fused-ring (bicyclic) bond motifs is 1. The predicted molar refractivity (Wildman–Crippen MR) is 73.0 cm³/mol. The summed E-state index contributed by atoms with van der Waals surface area (Å²) < 4.78 is 0. The van der Waals surface area contributed by atoms with Gasteiger partial charge in [-0.2, -0.15) is 0 Å². The fraction of sp³-hybridized carbons (Fsp3) is 0.533. The lowest BCUT2D eigenvalue weighted by Crippen LogP contribution is -2.29. The summed E-state index contributed by atoms with van der Waals surface area (Å²) in [6.45, 7) is 2.36. The molecule has 1 aromatic carbocycles. The molecule has 3 heteroatoms. The van der Waals surface area contributed by atoms with E-state index in [1.165, 1.54) is 37.1 Å². The molecule has 0 saturated carbocycles. The summed E-state index contributed by atoms with van der Waals surface area (Å²) >= 11 is 0. The fourth-order valence-corrected chi connectivity index (χ4v) is 3.09. The SMILES string of the molecule is CN1CCC(c2ccc3c(c2)CC(=O)N3C)CC1. The highest BCUT2D eigenvalue weighted by molar-refractivity contribution is 6.00. The van der Waals surface area contributed by atoms with E-state index in [0.29, 0.717) is 12.3 Å². The van der Waals surface area contributed by atoms with Crippen LogP contribution in [0.2, 0.25) is 0 Å². The topological polar surface area (TPSA) is 23.6 Å². The largest absolute Gasteiger partial charge is 0.315 e. The highest BCUT2D eigenvalue weighted by Crippen LogP contribution is 2.34. The van der Waals surface area contributed by atoms with Crippen LogP contribution in [-0.4, -0.2) is 38.0 Å². The Morgan fingerprint density at radius 1 is 1.17 bits per heavy atom. The fourth-order valence-electron chi connectivity index (χ4n) is 3.09. The molecule has 2 heterocycles. The Labute approximate surface area is 108 Å². The van der Waals surface area contributed by atoms with Gasteiger partial charge in [0.05, 0.1) is 6.42 Å². The molecule has 1 amide bonds. The van der Waals surface area contributed by atoms with Crippen LogP contribution in [0.3, 0.4) is 0 Å². The number of benzene rings is 1. The minimum absolute atomic E-state index is 0.213. The molecule has 3 nitrogen and oxygen atoms in total. The first-order chi connectivity index (χ1) is 8.65. The van der Waals surface area contributed by atoms with Gasteiger partial charge in [0.15, 0.2) is 0 Å². The van der Waals surface area contributed by atoms with Crippen molar-refractivity contribution in [3.05, 3.63) is 29.3 Å². The molecular formula is C15H20N2O. The van der Waals surface area contributed by atoms with E-state index in [0.717, 1.165) is 5.69 Å². The number of carbonyl (C=O) groups excluding carboxylic acids is 1. The Morgan fingerprint density at radius 3 is 2.61 bits per heavy atom. The maximum atomic E-state index is 11.7. The number of nitrogens with zero attached hydrogens (tertiary/aromatic N) is 2. The van der Waals surface area contributed by atoms with E-state index in [-0.39, 0.29) is 5.91 Å². The van der Waals surface area contributed by atoms with Gasteiger partial charge in [0.25, 0.3) is 0 Å². The van der Waals surface area contributed by atoms with Crippen LogP contribution in [-0.2, 0) is 11.2 Å². The number of hydrogen-bond acceptors (Lipinski definition) is 2. The number of likely N-dealkylation sites (tertiary alicyclic amines) is 1. The summed E-state index contributed by atoms with van der Waals surface area (Å²) in [6, 6.07) is 6.59. The van der Waals surface area contributed by atoms with Crippen molar-refractivity contribution in [3.8, 4) is 0 Å². The molecule has 2 aliphatic heterocycles. The van der Waals surface area contributed by atoms with Gasteiger partial charge in [-0.1, -0.05) is 12.1 Å². The summed E-state index contributed by atoms with van der Waals surface area (Å²) in [4.78, 5) is 15.8. The molecule has 18 heavy (non-hydrogen) atoms. The molecule has 2 aliphatic rings. The van der Waals surface area contributed by atoms with Crippen LogP contribution in [0.15, 0.2) is 18.2 Å². The molecular weight excluding hydrogens is 224 g/mol. The highest BCUT2D eigenvalue weighted by Gasteiger charge is 2.26. The molecule has 0 aliphatic carbocycles. The standard InChI is InChI=1S/C15H20N2O/c1-16-7-5-11(6-8-16)12-3-4-14-13(9-12)10-15(18)17(14)2/h3-4,9,11H,5-8,10H2,1-2H3. The van der Waals surface area contributed by atoms with Crippen molar-refractivity contribution in [2.75, 3.05) is 32.1 Å². The quantitative estimate of drug-likeness (QED) is 0.754. The van der Waals surface area contributed by atoms with Crippen LogP contribution in [0, 0.1) is 0 Å². The minimum atomic E-state index is 0.213. The van der Waals surface area contributed by atoms with Crippen molar-refractivity contribution >= 4 is 11.6 Å². The first-order valence-corrected chi connectivity index (χ1v) is 6.73. The second-order valence-electron chi connectivity index (χ2n) is 5.60. The van der Waals surface area contributed by atoms with E-state index in [1.807, 2.05) is 7.05 Å². The highest BCUT2D eigenvalue weighted by atomic mass is 16.2. The number of amides is 1. The second kappa shape index (κ2) is 4.39. The molecule has 1 saturated heterocycles. The third-order valence-electron chi connectivity index (χ3n) is 4.37. The molecule has 0 bridgehead atoms. The third-order valence-corrected chi connectivity index (χ3v) is 4.37. The normalized spacial score (nSPS) is 21.4. The Kier molecular flexibility index (Phi) is 2.86. The van der Waals surface area contributed by atoms with Gasteiger partial charge in [-0.05, 0) is 56.1 Å². The zero-order valence-electron chi connectivity index (χ0n) is 11.1. The molecule has 96 valence electrons. The zero-order valence-corrected chi connectivity index (χ0v) is 11.1. The first kappa shape index (κ1) is 11.7. The van der Waals surface area contributed by atoms with Gasteiger partial charge < -0.3 is 9.80 Å². The van der Waals surface area contributed by atoms with E-state index < -0.39 is 0 Å². The molecule has 0 N–H and O–H groups in total. The van der Waals surface area contributed by atoms with Crippen molar-refractivity contribution in [3.63, 3.8) is 0 Å². The van der Waals surface area contributed by atoms with Crippen LogP contribution in [0.4, 0.5) is 5.69 Å². The Morgan fingerprint density at radius 2 is 1.89 bits per heavy atom. The maximum absolute atomic E-state index is 11.7. The van der Waals surface area contributed by atoms with Crippen molar-refractivity contribution in [1.29, 1.82) is 0 Å². The molecule has 0 spiro atoms. The van der Waals surface area contributed by atoms with E-state index in [9.17, 15) is 4.79 Å². The molecule has 1 fully saturated rings. The van der Waals surface area contributed by atoms with Crippen LogP contribution < -0.4 is 4.90 Å². The number of rotatable bonds is 1. The smallest absolute Gasteiger partial charge is 0.231 e. The van der Waals surface area contributed by atoms with E-state index in [2.05, 4.69) is 30.1 Å². The maximum Gasteiger partial charge on any atom is 0.231 e. The van der Waals surface area contributed by atoms with Gasteiger partial charge in [-0.25, -0.2) is 0 Å². The molecule has 0 radical (unpaired) electrons. The van der Waals surface area contributed by atoms with Gasteiger partial charge in [-0.15, -0.1) is 0 Å². The summed E-state index contributed by atoms with van der Waals surface area (Å²) in [5, 5.41) is 0. The molecule has 3 rings (SSSR count). The average molecular weight is 244 g/mol. The van der Waals surface area contributed by atoms with Gasteiger partial charge in [0, 0.05) is 12.7 Å². The lowest BCUT2D eigenvalue weighted by molar-refractivity contribution is -0.117. The Balaban J connectivity index is 1.83. The van der Waals surface area contributed by atoms with E-state index in [1.54, 1.807) is 4.90 Å². The number of anilines is 1. The number of hydrogen-bond donors (Lipinski definition) is 0. The van der Waals surface area contributed by atoms with E-state index in [4.69, 9.17) is 0 Å². The van der Waals surface area contributed by atoms with Crippen molar-refractivity contribution in [2.45, 2.75) is 25.2 Å².